The number of fused-ring (bicyclic) bond motifs is 1. The first kappa shape index (κ1) is 9.89. The molecule has 1 aliphatic rings. The topological polar surface area (TPSA) is 75.0 Å². The van der Waals surface area contributed by atoms with Gasteiger partial charge in [-0.3, -0.25) is 4.79 Å². The summed E-state index contributed by atoms with van der Waals surface area (Å²) >= 11 is 0. The molecule has 0 saturated heterocycles. The quantitative estimate of drug-likeness (QED) is 0.710. The summed E-state index contributed by atoms with van der Waals surface area (Å²) in [5, 5.41) is 0. The summed E-state index contributed by atoms with van der Waals surface area (Å²) in [6, 6.07) is 5.83. The maximum absolute atomic E-state index is 11.6. The molecule has 5 nitrogen and oxygen atoms in total. The Morgan fingerprint density at radius 3 is 2.94 bits per heavy atom. The average Bonchev–Trinajstić information content (AvgIpc) is 2.72. The molecule has 1 aromatic heterocycles. The van der Waals surface area contributed by atoms with Gasteiger partial charge in [-0.2, -0.15) is 0 Å². The van der Waals surface area contributed by atoms with E-state index in [9.17, 15) is 4.79 Å². The van der Waals surface area contributed by atoms with E-state index in [0.29, 0.717) is 18.9 Å². The predicted molar refractivity (Wildman–Crippen MR) is 65.6 cm³/mol. The molecule has 0 radical (unpaired) electrons. The fraction of sp³-hybridized carbons (Fsp3) is 0.167. The molecule has 3 rings (SSSR count). The monoisotopic (exact) mass is 228 g/mol. The van der Waals surface area contributed by atoms with E-state index in [1.54, 1.807) is 6.20 Å². The SMILES string of the molecule is Nc1ccc2c(c1)CN(c1ncc[nH]c1=O)C2. The fourth-order valence-electron chi connectivity index (χ4n) is 2.13. The first-order valence-electron chi connectivity index (χ1n) is 5.40. The average molecular weight is 228 g/mol. The fourth-order valence-corrected chi connectivity index (χ4v) is 2.13. The maximum atomic E-state index is 11.6. The maximum Gasteiger partial charge on any atom is 0.290 e. The zero-order valence-corrected chi connectivity index (χ0v) is 9.18. The van der Waals surface area contributed by atoms with Gasteiger partial charge in [-0.25, -0.2) is 4.98 Å². The molecule has 0 amide bonds. The Morgan fingerprint density at radius 1 is 1.29 bits per heavy atom. The highest BCUT2D eigenvalue weighted by Gasteiger charge is 2.21. The van der Waals surface area contributed by atoms with Gasteiger partial charge in [0.1, 0.15) is 0 Å². The molecule has 0 spiro atoms. The van der Waals surface area contributed by atoms with E-state index in [0.717, 1.165) is 11.3 Å². The van der Waals surface area contributed by atoms with Gasteiger partial charge in [-0.1, -0.05) is 6.07 Å². The summed E-state index contributed by atoms with van der Waals surface area (Å²) in [7, 11) is 0. The number of rotatable bonds is 1. The Kier molecular flexibility index (Phi) is 2.11. The number of nitrogen functional groups attached to an aromatic ring is 1. The third kappa shape index (κ3) is 1.65. The number of nitrogens with zero attached hydrogens (tertiary/aromatic N) is 2. The third-order valence-corrected chi connectivity index (χ3v) is 2.94. The normalized spacial score (nSPS) is 13.8. The Hall–Kier alpha value is -2.30. The number of anilines is 2. The molecule has 1 aliphatic heterocycles. The van der Waals surface area contributed by atoms with E-state index in [-0.39, 0.29) is 5.56 Å². The van der Waals surface area contributed by atoms with Crippen LogP contribution in [0.3, 0.4) is 0 Å². The minimum absolute atomic E-state index is 0.159. The first-order valence-corrected chi connectivity index (χ1v) is 5.40. The Morgan fingerprint density at radius 2 is 2.12 bits per heavy atom. The largest absolute Gasteiger partial charge is 0.399 e. The van der Waals surface area contributed by atoms with Gasteiger partial charge in [-0.05, 0) is 23.3 Å². The second-order valence-corrected chi connectivity index (χ2v) is 4.13. The van der Waals surface area contributed by atoms with Crippen molar-refractivity contribution in [1.29, 1.82) is 0 Å². The van der Waals surface area contributed by atoms with Crippen LogP contribution in [0.1, 0.15) is 11.1 Å². The highest BCUT2D eigenvalue weighted by atomic mass is 16.1. The van der Waals surface area contributed by atoms with Crippen molar-refractivity contribution in [2.75, 3.05) is 10.6 Å². The van der Waals surface area contributed by atoms with E-state index < -0.39 is 0 Å². The number of benzene rings is 1. The van der Waals surface area contributed by atoms with Crippen molar-refractivity contribution in [1.82, 2.24) is 9.97 Å². The van der Waals surface area contributed by atoms with Crippen molar-refractivity contribution < 1.29 is 0 Å². The number of nitrogens with two attached hydrogens (primary N) is 1. The molecule has 17 heavy (non-hydrogen) atoms. The predicted octanol–water partition coefficient (Wildman–Crippen LogP) is 0.872. The van der Waals surface area contributed by atoms with E-state index >= 15 is 0 Å². The van der Waals surface area contributed by atoms with Gasteiger partial charge in [0.15, 0.2) is 5.82 Å². The van der Waals surface area contributed by atoms with Gasteiger partial charge in [0.25, 0.3) is 5.56 Å². The van der Waals surface area contributed by atoms with Crippen LogP contribution in [0.2, 0.25) is 0 Å². The van der Waals surface area contributed by atoms with Crippen LogP contribution in [-0.4, -0.2) is 9.97 Å². The van der Waals surface area contributed by atoms with Crippen LogP contribution < -0.4 is 16.2 Å². The lowest BCUT2D eigenvalue weighted by molar-refractivity contribution is 0.840. The molecule has 0 atom stereocenters. The Balaban J connectivity index is 1.97. The molecule has 0 aliphatic carbocycles. The third-order valence-electron chi connectivity index (χ3n) is 2.94. The van der Waals surface area contributed by atoms with Gasteiger partial charge in [0.05, 0.1) is 0 Å². The molecular formula is C12H12N4O. The smallest absolute Gasteiger partial charge is 0.290 e. The molecule has 3 N–H and O–H groups in total. The molecule has 1 aromatic carbocycles. The lowest BCUT2D eigenvalue weighted by Gasteiger charge is -2.14. The second kappa shape index (κ2) is 3.62. The highest BCUT2D eigenvalue weighted by Crippen LogP contribution is 2.26. The number of aromatic amines is 1. The Bertz CT molecular complexity index is 620. The summed E-state index contributed by atoms with van der Waals surface area (Å²) < 4.78 is 0. The molecule has 86 valence electrons. The molecule has 0 bridgehead atoms. The zero-order chi connectivity index (χ0) is 11.8. The van der Waals surface area contributed by atoms with Crippen molar-refractivity contribution in [2.24, 2.45) is 0 Å². The number of hydrogen-bond acceptors (Lipinski definition) is 4. The molecular weight excluding hydrogens is 216 g/mol. The van der Waals surface area contributed by atoms with Gasteiger partial charge in [0.2, 0.25) is 0 Å². The number of nitrogens with one attached hydrogen (secondary N) is 1. The number of hydrogen-bond donors (Lipinski definition) is 2. The summed E-state index contributed by atoms with van der Waals surface area (Å²) in [5.41, 5.74) is 8.69. The lowest BCUT2D eigenvalue weighted by atomic mass is 10.1. The van der Waals surface area contributed by atoms with Gasteiger partial charge >= 0.3 is 0 Å². The van der Waals surface area contributed by atoms with E-state index in [1.807, 2.05) is 23.1 Å². The molecule has 2 heterocycles. The van der Waals surface area contributed by atoms with Gasteiger partial charge in [-0.15, -0.1) is 0 Å². The number of H-pyrrole nitrogens is 1. The van der Waals surface area contributed by atoms with Crippen LogP contribution in [-0.2, 0) is 13.1 Å². The van der Waals surface area contributed by atoms with Crippen LogP contribution in [0.5, 0.6) is 0 Å². The summed E-state index contributed by atoms with van der Waals surface area (Å²) in [6.45, 7) is 1.39. The highest BCUT2D eigenvalue weighted by molar-refractivity contribution is 5.51. The zero-order valence-electron chi connectivity index (χ0n) is 9.18. The minimum Gasteiger partial charge on any atom is -0.399 e. The van der Waals surface area contributed by atoms with Gasteiger partial charge in [0, 0.05) is 31.2 Å². The molecule has 0 unspecified atom stereocenters. The van der Waals surface area contributed by atoms with Crippen molar-refractivity contribution in [3.8, 4) is 0 Å². The van der Waals surface area contributed by atoms with Crippen molar-refractivity contribution in [2.45, 2.75) is 13.1 Å². The second-order valence-electron chi connectivity index (χ2n) is 4.13. The van der Waals surface area contributed by atoms with Crippen molar-refractivity contribution in [3.05, 3.63) is 52.1 Å². The minimum atomic E-state index is -0.159. The standard InChI is InChI=1S/C12H12N4O/c13-10-2-1-8-6-16(7-9(8)5-10)11-12(17)15-4-3-14-11/h1-5H,6-7,13H2,(H,15,17). The molecule has 5 heteroatoms. The van der Waals surface area contributed by atoms with Crippen molar-refractivity contribution >= 4 is 11.5 Å². The molecule has 0 saturated carbocycles. The van der Waals surface area contributed by atoms with Crippen LogP contribution >= 0.6 is 0 Å². The van der Waals surface area contributed by atoms with Crippen LogP contribution in [0.25, 0.3) is 0 Å². The first-order chi connectivity index (χ1) is 8.24. The van der Waals surface area contributed by atoms with Crippen LogP contribution in [0.15, 0.2) is 35.4 Å². The van der Waals surface area contributed by atoms with Crippen LogP contribution in [0.4, 0.5) is 11.5 Å². The summed E-state index contributed by atoms with van der Waals surface area (Å²) in [5.74, 6) is 0.460. The molecule has 0 fully saturated rings. The van der Waals surface area contributed by atoms with Crippen LogP contribution in [0, 0.1) is 0 Å². The number of aromatic nitrogens is 2. The lowest BCUT2D eigenvalue weighted by Crippen LogP contribution is -2.24. The van der Waals surface area contributed by atoms with E-state index in [2.05, 4.69) is 9.97 Å². The van der Waals surface area contributed by atoms with E-state index in [4.69, 9.17) is 5.73 Å². The van der Waals surface area contributed by atoms with Crippen molar-refractivity contribution in [3.63, 3.8) is 0 Å². The van der Waals surface area contributed by atoms with Gasteiger partial charge < -0.3 is 15.6 Å². The van der Waals surface area contributed by atoms with E-state index in [1.165, 1.54) is 11.8 Å². The summed E-state index contributed by atoms with van der Waals surface area (Å²) in [4.78, 5) is 20.3. The molecule has 2 aromatic rings. The Labute approximate surface area is 97.9 Å². The summed E-state index contributed by atoms with van der Waals surface area (Å²) in [6.07, 6.45) is 3.13.